The van der Waals surface area contributed by atoms with Crippen molar-refractivity contribution in [2.75, 3.05) is 0 Å². The second-order valence-corrected chi connectivity index (χ2v) is 14.9. The number of benzene rings is 8. The van der Waals surface area contributed by atoms with Crippen LogP contribution in [-0.4, -0.2) is 9.97 Å². The predicted octanol–water partition coefficient (Wildman–Crippen LogP) is 13.4. The summed E-state index contributed by atoms with van der Waals surface area (Å²) in [5.74, 6) is 3.61. The first-order chi connectivity index (χ1) is 28.2. The zero-order valence-corrected chi connectivity index (χ0v) is 30.7. The fourth-order valence-electron chi connectivity index (χ4n) is 9.24. The van der Waals surface area contributed by atoms with Crippen LogP contribution in [0.4, 0.5) is 0 Å². The summed E-state index contributed by atoms with van der Waals surface area (Å²) in [4.78, 5) is 10.1. The van der Waals surface area contributed by atoms with Crippen molar-refractivity contribution >= 4 is 0 Å². The van der Waals surface area contributed by atoms with E-state index in [1.807, 2.05) is 60.7 Å². The molecule has 1 aromatic heterocycles. The first-order valence-corrected chi connectivity index (χ1v) is 19.3. The average Bonchev–Trinajstić information content (AvgIpc) is 3.74. The Hall–Kier alpha value is -7.56. The van der Waals surface area contributed by atoms with E-state index in [2.05, 4.69) is 133 Å². The van der Waals surface area contributed by atoms with E-state index < -0.39 is 5.41 Å². The highest BCUT2D eigenvalue weighted by Crippen LogP contribution is 2.65. The molecule has 12 rings (SSSR count). The molecule has 4 heteroatoms. The summed E-state index contributed by atoms with van der Waals surface area (Å²) in [5, 5.41) is 0. The molecule has 0 saturated heterocycles. The Balaban J connectivity index is 1.01. The lowest BCUT2D eigenvalue weighted by molar-refractivity contribution is 0.359. The number of para-hydroxylation sites is 2. The van der Waals surface area contributed by atoms with Crippen LogP contribution in [0.1, 0.15) is 22.3 Å². The Kier molecular flexibility index (Phi) is 6.81. The van der Waals surface area contributed by atoms with E-state index in [0.29, 0.717) is 5.82 Å². The van der Waals surface area contributed by atoms with Gasteiger partial charge < -0.3 is 9.47 Å². The van der Waals surface area contributed by atoms with Crippen molar-refractivity contribution in [2.45, 2.75) is 5.41 Å². The number of aromatic nitrogens is 2. The summed E-state index contributed by atoms with van der Waals surface area (Å²) in [6.45, 7) is 0. The van der Waals surface area contributed by atoms with Crippen molar-refractivity contribution in [2.24, 2.45) is 0 Å². The predicted molar refractivity (Wildman–Crippen MR) is 227 cm³/mol. The zero-order chi connectivity index (χ0) is 37.5. The Morgan fingerprint density at radius 1 is 0.298 bits per heavy atom. The van der Waals surface area contributed by atoms with E-state index in [1.54, 1.807) is 0 Å². The standard InChI is InChI=1S/C53H32N2O2/c1-3-13-34(14-4-1)46-32-47(55-52(54-46)36-15-5-2-6-16-36)35-25-23-33(24-26-35)37-27-28-40-41-30-50-51(57-49-22-12-11-21-48(49)56-50)31-45(41)53(44(40)29-37)42-19-9-7-17-38(42)39-18-8-10-20-43(39)53/h1-32H. The molecular weight excluding hydrogens is 697 g/mol. The molecule has 1 aliphatic heterocycles. The number of hydrogen-bond acceptors (Lipinski definition) is 4. The molecule has 2 heterocycles. The number of ether oxygens (including phenoxy) is 2. The topological polar surface area (TPSA) is 44.2 Å². The van der Waals surface area contributed by atoms with Crippen LogP contribution in [0.15, 0.2) is 194 Å². The fraction of sp³-hybridized carbons (Fsp3) is 0.0189. The monoisotopic (exact) mass is 728 g/mol. The first-order valence-electron chi connectivity index (χ1n) is 19.3. The van der Waals surface area contributed by atoms with Crippen molar-refractivity contribution in [3.8, 4) is 90.3 Å². The van der Waals surface area contributed by atoms with Crippen LogP contribution >= 0.6 is 0 Å². The highest BCUT2D eigenvalue weighted by molar-refractivity contribution is 5.97. The van der Waals surface area contributed by atoms with Gasteiger partial charge in [0.05, 0.1) is 16.8 Å². The molecule has 3 aliphatic rings. The van der Waals surface area contributed by atoms with E-state index in [-0.39, 0.29) is 0 Å². The molecule has 4 nitrogen and oxygen atoms in total. The SMILES string of the molecule is c1ccc(-c2cc(-c3ccc(-c4ccc5c(c4)C4(c6ccccc6-c6ccccc64)c4cc6c(cc4-5)Oc4ccccc4O6)cc3)nc(-c3ccccc3)n2)cc1. The number of fused-ring (bicyclic) bond motifs is 12. The van der Waals surface area contributed by atoms with Gasteiger partial charge in [0.25, 0.3) is 0 Å². The normalized spacial score (nSPS) is 13.3. The van der Waals surface area contributed by atoms with Gasteiger partial charge in [-0.2, -0.15) is 0 Å². The molecule has 0 amide bonds. The second kappa shape index (κ2) is 12.2. The molecular formula is C53H32N2O2. The minimum Gasteiger partial charge on any atom is -0.450 e. The van der Waals surface area contributed by atoms with Gasteiger partial charge in [-0.25, -0.2) is 9.97 Å². The summed E-state index contributed by atoms with van der Waals surface area (Å²) in [5.41, 5.74) is 16.5. The molecule has 0 atom stereocenters. The summed E-state index contributed by atoms with van der Waals surface area (Å²) in [7, 11) is 0. The maximum Gasteiger partial charge on any atom is 0.170 e. The van der Waals surface area contributed by atoms with Gasteiger partial charge in [0.2, 0.25) is 0 Å². The Labute approximate surface area is 330 Å². The summed E-state index contributed by atoms with van der Waals surface area (Å²) in [6, 6.07) is 68.4. The highest BCUT2D eigenvalue weighted by Gasteiger charge is 2.52. The number of nitrogens with zero attached hydrogens (tertiary/aromatic N) is 2. The van der Waals surface area contributed by atoms with Gasteiger partial charge >= 0.3 is 0 Å². The highest BCUT2D eigenvalue weighted by atomic mass is 16.6. The smallest absolute Gasteiger partial charge is 0.170 e. The van der Waals surface area contributed by atoms with Gasteiger partial charge in [0.1, 0.15) is 0 Å². The van der Waals surface area contributed by atoms with E-state index in [4.69, 9.17) is 19.4 Å². The third-order valence-electron chi connectivity index (χ3n) is 11.8. The first kappa shape index (κ1) is 31.8. The van der Waals surface area contributed by atoms with E-state index in [9.17, 15) is 0 Å². The summed E-state index contributed by atoms with van der Waals surface area (Å²) in [6.07, 6.45) is 0. The molecule has 0 unspecified atom stereocenters. The average molecular weight is 729 g/mol. The van der Waals surface area contributed by atoms with E-state index >= 15 is 0 Å². The lowest BCUT2D eigenvalue weighted by Gasteiger charge is -2.31. The van der Waals surface area contributed by atoms with E-state index in [0.717, 1.165) is 67.8 Å². The molecule has 8 aromatic carbocycles. The molecule has 1 spiro atoms. The third-order valence-corrected chi connectivity index (χ3v) is 11.8. The minimum absolute atomic E-state index is 0.536. The quantitative estimate of drug-likeness (QED) is 0.181. The maximum atomic E-state index is 6.55. The molecule has 2 aliphatic carbocycles. The Bertz CT molecular complexity index is 2960. The summed E-state index contributed by atoms with van der Waals surface area (Å²) < 4.78 is 13.0. The molecule has 0 bridgehead atoms. The van der Waals surface area contributed by atoms with Crippen LogP contribution in [-0.2, 0) is 5.41 Å². The van der Waals surface area contributed by atoms with Gasteiger partial charge in [0.15, 0.2) is 28.8 Å². The molecule has 9 aromatic rings. The molecule has 0 fully saturated rings. The number of hydrogen-bond donors (Lipinski definition) is 0. The van der Waals surface area contributed by atoms with Crippen LogP contribution in [0.25, 0.3) is 67.3 Å². The second-order valence-electron chi connectivity index (χ2n) is 14.9. The van der Waals surface area contributed by atoms with E-state index in [1.165, 1.54) is 38.9 Å². The molecule has 266 valence electrons. The van der Waals surface area contributed by atoms with Crippen LogP contribution in [0, 0.1) is 0 Å². The molecule has 0 saturated carbocycles. The van der Waals surface area contributed by atoms with Crippen LogP contribution in [0.3, 0.4) is 0 Å². The zero-order valence-electron chi connectivity index (χ0n) is 30.7. The fourth-order valence-corrected chi connectivity index (χ4v) is 9.24. The minimum atomic E-state index is -0.536. The van der Waals surface area contributed by atoms with Crippen molar-refractivity contribution < 1.29 is 9.47 Å². The van der Waals surface area contributed by atoms with Crippen molar-refractivity contribution in [1.29, 1.82) is 0 Å². The number of rotatable bonds is 4. The van der Waals surface area contributed by atoms with Gasteiger partial charge in [-0.1, -0.05) is 158 Å². The van der Waals surface area contributed by atoms with Crippen LogP contribution in [0.2, 0.25) is 0 Å². The molecule has 0 radical (unpaired) electrons. The van der Waals surface area contributed by atoms with Crippen molar-refractivity contribution in [1.82, 2.24) is 9.97 Å². The summed E-state index contributed by atoms with van der Waals surface area (Å²) >= 11 is 0. The lowest BCUT2D eigenvalue weighted by atomic mass is 9.70. The molecule has 57 heavy (non-hydrogen) atoms. The van der Waals surface area contributed by atoms with Gasteiger partial charge in [0, 0.05) is 16.7 Å². The maximum absolute atomic E-state index is 6.55. The lowest BCUT2D eigenvalue weighted by Crippen LogP contribution is -2.26. The van der Waals surface area contributed by atoms with Crippen LogP contribution in [0.5, 0.6) is 23.0 Å². The van der Waals surface area contributed by atoms with Crippen LogP contribution < -0.4 is 9.47 Å². The Morgan fingerprint density at radius 2 is 0.772 bits per heavy atom. The van der Waals surface area contributed by atoms with Crippen molar-refractivity contribution in [3.05, 3.63) is 216 Å². The van der Waals surface area contributed by atoms with Gasteiger partial charge in [-0.05, 0) is 92.0 Å². The van der Waals surface area contributed by atoms with Gasteiger partial charge in [-0.3, -0.25) is 0 Å². The van der Waals surface area contributed by atoms with Gasteiger partial charge in [-0.15, -0.1) is 0 Å². The Morgan fingerprint density at radius 3 is 1.42 bits per heavy atom. The van der Waals surface area contributed by atoms with Crippen molar-refractivity contribution in [3.63, 3.8) is 0 Å². The third kappa shape index (κ3) is 4.74. The largest absolute Gasteiger partial charge is 0.450 e. The molecule has 0 N–H and O–H groups in total.